The van der Waals surface area contributed by atoms with E-state index < -0.39 is 0 Å². The van der Waals surface area contributed by atoms with Crippen LogP contribution in [0.1, 0.15) is 44.3 Å². The van der Waals surface area contributed by atoms with Crippen molar-refractivity contribution < 1.29 is 0 Å². The monoisotopic (exact) mass is 298 g/mol. The molecule has 0 bridgehead atoms. The molecule has 1 saturated carbocycles. The molecular formula is C15H27ClN4. The van der Waals surface area contributed by atoms with Crippen LogP contribution in [0, 0.1) is 5.92 Å². The van der Waals surface area contributed by atoms with Gasteiger partial charge in [0.2, 0.25) is 0 Å². The molecule has 0 saturated heterocycles. The number of hydrogen-bond acceptors (Lipinski definition) is 3. The highest BCUT2D eigenvalue weighted by atomic mass is 35.5. The standard InChI is InChI=1S/C15H27ClN4/c1-4-17-14(10-12-6-5-7-12)15-13(16)11-18-20(15)9-8-19(2)3/h11-12,14,17H,4-10H2,1-3H3. The van der Waals surface area contributed by atoms with Crippen LogP contribution in [0.4, 0.5) is 0 Å². The Morgan fingerprint density at radius 3 is 2.80 bits per heavy atom. The largest absolute Gasteiger partial charge is 0.309 e. The van der Waals surface area contributed by atoms with E-state index in [1.807, 2.05) is 0 Å². The number of nitrogens with one attached hydrogen (secondary N) is 1. The molecule has 1 aromatic heterocycles. The van der Waals surface area contributed by atoms with Gasteiger partial charge in [0, 0.05) is 6.54 Å². The maximum absolute atomic E-state index is 6.40. The van der Waals surface area contributed by atoms with Crippen LogP contribution < -0.4 is 5.32 Å². The molecule has 0 aromatic carbocycles. The van der Waals surface area contributed by atoms with E-state index in [0.717, 1.165) is 30.6 Å². The highest BCUT2D eigenvalue weighted by molar-refractivity contribution is 6.31. The van der Waals surface area contributed by atoms with Crippen LogP contribution in [0.3, 0.4) is 0 Å². The van der Waals surface area contributed by atoms with Crippen LogP contribution >= 0.6 is 11.6 Å². The van der Waals surface area contributed by atoms with Gasteiger partial charge in [0.15, 0.2) is 0 Å². The van der Waals surface area contributed by atoms with Gasteiger partial charge in [-0.15, -0.1) is 0 Å². The van der Waals surface area contributed by atoms with Gasteiger partial charge in [-0.3, -0.25) is 4.68 Å². The fourth-order valence-corrected chi connectivity index (χ4v) is 3.06. The summed E-state index contributed by atoms with van der Waals surface area (Å²) < 4.78 is 2.08. The average Bonchev–Trinajstić information content (AvgIpc) is 2.71. The second-order valence-corrected chi connectivity index (χ2v) is 6.45. The van der Waals surface area contributed by atoms with Crippen molar-refractivity contribution in [3.63, 3.8) is 0 Å². The lowest BCUT2D eigenvalue weighted by atomic mass is 9.80. The van der Waals surface area contributed by atoms with Crippen LogP contribution in [0.25, 0.3) is 0 Å². The van der Waals surface area contributed by atoms with Crippen molar-refractivity contribution in [3.05, 3.63) is 16.9 Å². The summed E-state index contributed by atoms with van der Waals surface area (Å²) in [5, 5.41) is 8.85. The lowest BCUT2D eigenvalue weighted by molar-refractivity contribution is 0.255. The summed E-state index contributed by atoms with van der Waals surface area (Å²) in [4.78, 5) is 2.17. The molecule has 0 amide bonds. The first kappa shape index (κ1) is 15.8. The molecule has 0 radical (unpaired) electrons. The predicted octanol–water partition coefficient (Wildman–Crippen LogP) is 2.94. The number of halogens is 1. The van der Waals surface area contributed by atoms with Gasteiger partial charge in [0.05, 0.1) is 29.5 Å². The van der Waals surface area contributed by atoms with E-state index in [1.54, 1.807) is 6.20 Å². The number of likely N-dealkylation sites (N-methyl/N-ethyl adjacent to an activating group) is 1. The summed E-state index contributed by atoms with van der Waals surface area (Å²) in [7, 11) is 4.17. The molecule has 1 aliphatic carbocycles. The summed E-state index contributed by atoms with van der Waals surface area (Å²) >= 11 is 6.40. The zero-order valence-corrected chi connectivity index (χ0v) is 13.7. The van der Waals surface area contributed by atoms with Gasteiger partial charge in [0.25, 0.3) is 0 Å². The van der Waals surface area contributed by atoms with E-state index in [9.17, 15) is 0 Å². The van der Waals surface area contributed by atoms with Gasteiger partial charge in [-0.05, 0) is 33.0 Å². The van der Waals surface area contributed by atoms with Crippen molar-refractivity contribution in [1.82, 2.24) is 20.0 Å². The van der Waals surface area contributed by atoms with Crippen LogP contribution in [-0.4, -0.2) is 41.9 Å². The van der Waals surface area contributed by atoms with Gasteiger partial charge >= 0.3 is 0 Å². The molecule has 114 valence electrons. The third kappa shape index (κ3) is 3.96. The van der Waals surface area contributed by atoms with Crippen LogP contribution in [0.5, 0.6) is 0 Å². The SMILES string of the molecule is CCNC(CC1CCC1)c1c(Cl)cnn1CCN(C)C. The van der Waals surface area contributed by atoms with Crippen molar-refractivity contribution in [2.75, 3.05) is 27.2 Å². The minimum atomic E-state index is 0.336. The van der Waals surface area contributed by atoms with E-state index >= 15 is 0 Å². The molecule has 1 aromatic rings. The van der Waals surface area contributed by atoms with Crippen molar-refractivity contribution >= 4 is 11.6 Å². The van der Waals surface area contributed by atoms with Crippen molar-refractivity contribution in [2.24, 2.45) is 5.92 Å². The molecule has 2 rings (SSSR count). The third-order valence-electron chi connectivity index (χ3n) is 4.17. The summed E-state index contributed by atoms with van der Waals surface area (Å²) in [5.41, 5.74) is 1.17. The Morgan fingerprint density at radius 1 is 1.50 bits per heavy atom. The van der Waals surface area contributed by atoms with E-state index in [2.05, 4.69) is 41.0 Å². The highest BCUT2D eigenvalue weighted by Crippen LogP contribution is 2.36. The molecule has 1 atom stereocenters. The molecule has 20 heavy (non-hydrogen) atoms. The van der Waals surface area contributed by atoms with Gasteiger partial charge in [-0.25, -0.2) is 0 Å². The molecule has 1 heterocycles. The second kappa shape index (κ2) is 7.43. The maximum atomic E-state index is 6.40. The molecular weight excluding hydrogens is 272 g/mol. The summed E-state index contributed by atoms with van der Waals surface area (Å²) in [6.45, 7) is 4.99. The first-order valence-corrected chi connectivity index (χ1v) is 8.09. The van der Waals surface area contributed by atoms with Crippen LogP contribution in [0.2, 0.25) is 5.02 Å². The summed E-state index contributed by atoms with van der Waals surface area (Å²) in [6, 6.07) is 0.336. The summed E-state index contributed by atoms with van der Waals surface area (Å²) in [6.07, 6.45) is 7.09. The predicted molar refractivity (Wildman–Crippen MR) is 84.2 cm³/mol. The zero-order chi connectivity index (χ0) is 14.5. The fraction of sp³-hybridized carbons (Fsp3) is 0.800. The van der Waals surface area contributed by atoms with Gasteiger partial charge in [-0.2, -0.15) is 5.10 Å². The van der Waals surface area contributed by atoms with Crippen LogP contribution in [-0.2, 0) is 6.54 Å². The number of aromatic nitrogens is 2. The topological polar surface area (TPSA) is 33.1 Å². The van der Waals surface area contributed by atoms with Crippen molar-refractivity contribution in [3.8, 4) is 0 Å². The summed E-state index contributed by atoms with van der Waals surface area (Å²) in [5.74, 6) is 0.854. The quantitative estimate of drug-likeness (QED) is 0.801. The van der Waals surface area contributed by atoms with E-state index in [4.69, 9.17) is 11.6 Å². The maximum Gasteiger partial charge on any atom is 0.0834 e. The molecule has 5 heteroatoms. The third-order valence-corrected chi connectivity index (χ3v) is 4.46. The zero-order valence-electron chi connectivity index (χ0n) is 12.9. The molecule has 0 spiro atoms. The Balaban J connectivity index is 2.10. The smallest absolute Gasteiger partial charge is 0.0834 e. The normalized spacial score (nSPS) is 17.4. The van der Waals surface area contributed by atoms with Crippen molar-refractivity contribution in [1.29, 1.82) is 0 Å². The molecule has 0 aliphatic heterocycles. The van der Waals surface area contributed by atoms with E-state index in [1.165, 1.54) is 31.4 Å². The average molecular weight is 299 g/mol. The second-order valence-electron chi connectivity index (χ2n) is 6.05. The minimum absolute atomic E-state index is 0.336. The Kier molecular flexibility index (Phi) is 5.87. The van der Waals surface area contributed by atoms with E-state index in [-0.39, 0.29) is 0 Å². The highest BCUT2D eigenvalue weighted by Gasteiger charge is 2.26. The molecule has 1 N–H and O–H groups in total. The Bertz CT molecular complexity index is 412. The molecule has 1 fully saturated rings. The Hall–Kier alpha value is -0.580. The van der Waals surface area contributed by atoms with Gasteiger partial charge in [0.1, 0.15) is 0 Å². The fourth-order valence-electron chi connectivity index (χ4n) is 2.79. The van der Waals surface area contributed by atoms with Gasteiger partial charge < -0.3 is 10.2 Å². The first-order chi connectivity index (χ1) is 9.61. The lowest BCUT2D eigenvalue weighted by Gasteiger charge is -2.30. The number of rotatable bonds is 8. The van der Waals surface area contributed by atoms with Crippen LogP contribution in [0.15, 0.2) is 6.20 Å². The molecule has 1 aliphatic rings. The molecule has 4 nitrogen and oxygen atoms in total. The first-order valence-electron chi connectivity index (χ1n) is 7.71. The van der Waals surface area contributed by atoms with Gasteiger partial charge in [-0.1, -0.05) is 37.8 Å². The molecule has 1 unspecified atom stereocenters. The Morgan fingerprint density at radius 2 is 2.25 bits per heavy atom. The number of nitrogens with zero attached hydrogens (tertiary/aromatic N) is 3. The van der Waals surface area contributed by atoms with E-state index in [0.29, 0.717) is 6.04 Å². The minimum Gasteiger partial charge on any atom is -0.309 e. The number of hydrogen-bond donors (Lipinski definition) is 1. The van der Waals surface area contributed by atoms with Crippen molar-refractivity contribution in [2.45, 2.75) is 45.2 Å². The lowest BCUT2D eigenvalue weighted by Crippen LogP contribution is -2.29. The Labute approximate surface area is 127 Å².